The molecule has 20 heavy (non-hydrogen) atoms. The van der Waals surface area contributed by atoms with Crippen LogP contribution < -0.4 is 16.8 Å². The number of halogens is 2. The van der Waals surface area contributed by atoms with E-state index in [0.717, 1.165) is 24.4 Å². The Morgan fingerprint density at radius 1 is 1.40 bits per heavy atom. The summed E-state index contributed by atoms with van der Waals surface area (Å²) in [5.74, 6) is 0.615. The molecular weight excluding hydrogens is 295 g/mol. The van der Waals surface area contributed by atoms with Crippen LogP contribution in [0.15, 0.2) is 41.5 Å². The van der Waals surface area contributed by atoms with Crippen LogP contribution in [0.4, 0.5) is 0 Å². The van der Waals surface area contributed by atoms with Crippen molar-refractivity contribution in [1.29, 1.82) is 0 Å². The molecule has 0 unspecified atom stereocenters. The number of nitrogens with two attached hydrogens (primary N) is 2. The third-order valence-corrected chi connectivity index (χ3v) is 3.80. The smallest absolute Gasteiger partial charge is 0.120 e. The Morgan fingerprint density at radius 2 is 2.05 bits per heavy atom. The van der Waals surface area contributed by atoms with Crippen LogP contribution in [-0.2, 0) is 6.54 Å². The lowest BCUT2D eigenvalue weighted by Crippen LogP contribution is -2.41. The molecule has 1 heterocycles. The van der Waals surface area contributed by atoms with Crippen LogP contribution in [0.3, 0.4) is 0 Å². The maximum Gasteiger partial charge on any atom is 0.120 e. The van der Waals surface area contributed by atoms with Gasteiger partial charge in [0.05, 0.1) is 5.70 Å². The third kappa shape index (κ3) is 3.32. The largest absolute Gasteiger partial charge is 0.402 e. The van der Waals surface area contributed by atoms with Crippen LogP contribution in [0.25, 0.3) is 0 Å². The molecule has 0 atom stereocenters. The summed E-state index contributed by atoms with van der Waals surface area (Å²) in [5.41, 5.74) is 14.2. The van der Waals surface area contributed by atoms with E-state index in [1.54, 1.807) is 0 Å². The fourth-order valence-electron chi connectivity index (χ4n) is 2.13. The number of nitrogens with one attached hydrogen (secondary N) is 1. The highest BCUT2D eigenvalue weighted by Gasteiger charge is 2.19. The number of hydrogen-bond acceptors (Lipinski definition) is 4. The third-order valence-electron chi connectivity index (χ3n) is 3.09. The van der Waals surface area contributed by atoms with Gasteiger partial charge in [0.25, 0.3) is 0 Å². The normalized spacial score (nSPS) is 16.4. The molecule has 0 spiro atoms. The van der Waals surface area contributed by atoms with Gasteiger partial charge in [-0.15, -0.1) is 0 Å². The van der Waals surface area contributed by atoms with Gasteiger partial charge in [0, 0.05) is 40.9 Å². The summed E-state index contributed by atoms with van der Waals surface area (Å²) in [6.07, 6.45) is 1.85. The highest BCUT2D eigenvalue weighted by atomic mass is 35.5. The Kier molecular flexibility index (Phi) is 4.68. The van der Waals surface area contributed by atoms with Gasteiger partial charge in [0.1, 0.15) is 5.82 Å². The van der Waals surface area contributed by atoms with Crippen LogP contribution >= 0.6 is 23.2 Å². The molecule has 1 aromatic carbocycles. The highest BCUT2D eigenvalue weighted by Crippen LogP contribution is 2.27. The molecule has 4 nitrogen and oxygen atoms in total. The minimum absolute atomic E-state index is 0.597. The monoisotopic (exact) mass is 312 g/mol. The number of allylic oxidation sites excluding steroid dienone is 2. The van der Waals surface area contributed by atoms with Crippen molar-refractivity contribution in [3.05, 3.63) is 57.1 Å². The van der Waals surface area contributed by atoms with Crippen LogP contribution in [0.5, 0.6) is 0 Å². The Balaban J connectivity index is 2.32. The van der Waals surface area contributed by atoms with Crippen molar-refractivity contribution in [2.45, 2.75) is 13.5 Å². The summed E-state index contributed by atoms with van der Waals surface area (Å²) < 4.78 is 0. The first-order valence-corrected chi connectivity index (χ1v) is 7.10. The van der Waals surface area contributed by atoms with Crippen molar-refractivity contribution in [3.8, 4) is 0 Å². The molecule has 1 aromatic rings. The van der Waals surface area contributed by atoms with Gasteiger partial charge >= 0.3 is 0 Å². The number of nitrogens with zero attached hydrogens (tertiary/aromatic N) is 1. The number of rotatable bonds is 3. The van der Waals surface area contributed by atoms with Crippen LogP contribution in [0.1, 0.15) is 12.5 Å². The van der Waals surface area contributed by atoms with Gasteiger partial charge in [-0.2, -0.15) is 0 Å². The predicted molar refractivity (Wildman–Crippen MR) is 84.0 cm³/mol. The minimum atomic E-state index is 0.597. The van der Waals surface area contributed by atoms with Crippen LogP contribution in [-0.4, -0.2) is 18.0 Å². The fourth-order valence-corrected chi connectivity index (χ4v) is 2.65. The molecule has 0 aliphatic carbocycles. The van der Waals surface area contributed by atoms with E-state index >= 15 is 0 Å². The van der Waals surface area contributed by atoms with Gasteiger partial charge < -0.3 is 21.7 Å². The van der Waals surface area contributed by atoms with Gasteiger partial charge in [0.2, 0.25) is 0 Å². The molecule has 0 amide bonds. The molecule has 1 aliphatic heterocycles. The Morgan fingerprint density at radius 3 is 2.65 bits per heavy atom. The lowest BCUT2D eigenvalue weighted by molar-refractivity contribution is 0.321. The first-order valence-electron chi connectivity index (χ1n) is 6.34. The number of hydrogen-bond donors (Lipinski definition) is 3. The molecule has 0 fully saturated rings. The molecule has 0 aromatic heterocycles. The molecule has 2 rings (SSSR count). The fraction of sp³-hybridized carbons (Fsp3) is 0.286. The molecule has 0 bridgehead atoms. The summed E-state index contributed by atoms with van der Waals surface area (Å²) in [7, 11) is 0. The van der Waals surface area contributed by atoms with Gasteiger partial charge in [0.15, 0.2) is 0 Å². The zero-order chi connectivity index (χ0) is 14.7. The molecular formula is C14H18Cl2N4. The lowest BCUT2D eigenvalue weighted by atomic mass is 10.1. The molecule has 6 heteroatoms. The topological polar surface area (TPSA) is 67.3 Å². The SMILES string of the molecule is C/C(N)=C/C1=C(N)NCCN1Cc1c(Cl)cccc1Cl. The first-order chi connectivity index (χ1) is 9.49. The molecule has 0 saturated carbocycles. The van der Waals surface area contributed by atoms with Crippen molar-refractivity contribution in [2.24, 2.45) is 11.5 Å². The van der Waals surface area contributed by atoms with Gasteiger partial charge in [-0.25, -0.2) is 0 Å². The van der Waals surface area contributed by atoms with E-state index in [4.69, 9.17) is 34.7 Å². The van der Waals surface area contributed by atoms with E-state index in [1.807, 2.05) is 31.2 Å². The molecule has 108 valence electrons. The predicted octanol–water partition coefficient (Wildman–Crippen LogP) is 2.39. The van der Waals surface area contributed by atoms with E-state index in [-0.39, 0.29) is 0 Å². The van der Waals surface area contributed by atoms with E-state index in [9.17, 15) is 0 Å². The summed E-state index contributed by atoms with van der Waals surface area (Å²) in [6.45, 7) is 4.01. The summed E-state index contributed by atoms with van der Waals surface area (Å²) in [4.78, 5) is 2.12. The molecule has 0 saturated heterocycles. The van der Waals surface area contributed by atoms with Crippen molar-refractivity contribution < 1.29 is 0 Å². The quantitative estimate of drug-likeness (QED) is 0.801. The van der Waals surface area contributed by atoms with E-state index < -0.39 is 0 Å². The number of benzene rings is 1. The van der Waals surface area contributed by atoms with Gasteiger partial charge in [-0.1, -0.05) is 29.3 Å². The van der Waals surface area contributed by atoms with Gasteiger partial charge in [-0.3, -0.25) is 0 Å². The summed E-state index contributed by atoms with van der Waals surface area (Å²) in [5, 5.41) is 4.44. The summed E-state index contributed by atoms with van der Waals surface area (Å²) in [6, 6.07) is 5.50. The Hall–Kier alpha value is -1.52. The van der Waals surface area contributed by atoms with E-state index in [2.05, 4.69) is 10.2 Å². The first kappa shape index (κ1) is 14.9. The van der Waals surface area contributed by atoms with Crippen molar-refractivity contribution in [1.82, 2.24) is 10.2 Å². The Labute approximate surface area is 129 Å². The standard InChI is InChI=1S/C14H18Cl2N4/c1-9(17)7-13-14(18)19-5-6-20(13)8-10-11(15)3-2-4-12(10)16/h2-4,7,19H,5-6,8,17-18H2,1H3/b9-7-. The van der Waals surface area contributed by atoms with Crippen molar-refractivity contribution >= 4 is 23.2 Å². The second kappa shape index (κ2) is 6.29. The second-order valence-corrected chi connectivity index (χ2v) is 5.55. The molecule has 5 N–H and O–H groups in total. The zero-order valence-corrected chi connectivity index (χ0v) is 12.8. The average molecular weight is 313 g/mol. The minimum Gasteiger partial charge on any atom is -0.402 e. The highest BCUT2D eigenvalue weighted by molar-refractivity contribution is 6.35. The lowest BCUT2D eigenvalue weighted by Gasteiger charge is -2.32. The average Bonchev–Trinajstić information content (AvgIpc) is 2.37. The van der Waals surface area contributed by atoms with Crippen LogP contribution in [0, 0.1) is 0 Å². The van der Waals surface area contributed by atoms with E-state index in [1.165, 1.54) is 0 Å². The second-order valence-electron chi connectivity index (χ2n) is 4.74. The van der Waals surface area contributed by atoms with Crippen LogP contribution in [0.2, 0.25) is 10.0 Å². The molecule has 0 radical (unpaired) electrons. The molecule has 1 aliphatic rings. The zero-order valence-electron chi connectivity index (χ0n) is 11.3. The van der Waals surface area contributed by atoms with Crippen molar-refractivity contribution in [3.63, 3.8) is 0 Å². The maximum absolute atomic E-state index is 6.22. The Bertz CT molecular complexity index is 542. The van der Waals surface area contributed by atoms with Crippen molar-refractivity contribution in [2.75, 3.05) is 13.1 Å². The maximum atomic E-state index is 6.22. The summed E-state index contributed by atoms with van der Waals surface area (Å²) >= 11 is 12.4. The van der Waals surface area contributed by atoms with E-state index in [0.29, 0.717) is 28.1 Å². The van der Waals surface area contributed by atoms with Gasteiger partial charge in [-0.05, 0) is 25.1 Å².